The van der Waals surface area contributed by atoms with E-state index in [1.807, 2.05) is 13.1 Å². The maximum atomic E-state index is 4.46. The Labute approximate surface area is 96.5 Å². The fourth-order valence-electron chi connectivity index (χ4n) is 1.90. The molecule has 0 aliphatic carbocycles. The van der Waals surface area contributed by atoms with Crippen molar-refractivity contribution in [2.75, 3.05) is 43.9 Å². The van der Waals surface area contributed by atoms with Crippen LogP contribution in [0.15, 0.2) is 12.3 Å². The SMILES string of the molecule is CNc1nccc(N2CCN(C)C(C)C2)n1. The van der Waals surface area contributed by atoms with Crippen molar-refractivity contribution in [2.24, 2.45) is 0 Å². The van der Waals surface area contributed by atoms with Gasteiger partial charge in [0.05, 0.1) is 0 Å². The summed E-state index contributed by atoms with van der Waals surface area (Å²) in [6.07, 6.45) is 1.80. The van der Waals surface area contributed by atoms with Crippen LogP contribution >= 0.6 is 0 Å². The van der Waals surface area contributed by atoms with E-state index in [9.17, 15) is 0 Å². The van der Waals surface area contributed by atoms with Crippen LogP contribution < -0.4 is 10.2 Å². The average Bonchev–Trinajstić information content (AvgIpc) is 2.33. The van der Waals surface area contributed by atoms with Gasteiger partial charge in [-0.25, -0.2) is 4.98 Å². The lowest BCUT2D eigenvalue weighted by atomic mass is 10.2. The van der Waals surface area contributed by atoms with Crippen LogP contribution in [0.2, 0.25) is 0 Å². The van der Waals surface area contributed by atoms with Gasteiger partial charge in [-0.15, -0.1) is 0 Å². The third kappa shape index (κ3) is 2.24. The lowest BCUT2D eigenvalue weighted by Crippen LogP contribution is -2.50. The lowest BCUT2D eigenvalue weighted by molar-refractivity contribution is 0.233. The minimum atomic E-state index is 0.571. The molecule has 1 aliphatic rings. The van der Waals surface area contributed by atoms with Crippen molar-refractivity contribution in [3.63, 3.8) is 0 Å². The molecule has 2 heterocycles. The zero-order valence-corrected chi connectivity index (χ0v) is 10.1. The van der Waals surface area contributed by atoms with Gasteiger partial charge in [-0.2, -0.15) is 4.98 Å². The van der Waals surface area contributed by atoms with Crippen LogP contribution in [0.1, 0.15) is 6.92 Å². The van der Waals surface area contributed by atoms with Gasteiger partial charge in [0.2, 0.25) is 5.95 Å². The van der Waals surface area contributed by atoms with Crippen LogP contribution in [-0.4, -0.2) is 54.6 Å². The van der Waals surface area contributed by atoms with E-state index in [1.165, 1.54) is 0 Å². The molecule has 1 unspecified atom stereocenters. The topological polar surface area (TPSA) is 44.3 Å². The quantitative estimate of drug-likeness (QED) is 0.794. The van der Waals surface area contributed by atoms with Crippen molar-refractivity contribution in [1.29, 1.82) is 0 Å². The van der Waals surface area contributed by atoms with Crippen molar-refractivity contribution in [2.45, 2.75) is 13.0 Å². The number of hydrogen-bond acceptors (Lipinski definition) is 5. The molecule has 0 aromatic carbocycles. The maximum absolute atomic E-state index is 4.46. The highest BCUT2D eigenvalue weighted by molar-refractivity contribution is 5.42. The van der Waals surface area contributed by atoms with Gasteiger partial charge in [-0.3, -0.25) is 0 Å². The molecule has 1 atom stereocenters. The van der Waals surface area contributed by atoms with Gasteiger partial charge in [-0.1, -0.05) is 0 Å². The Kier molecular flexibility index (Phi) is 3.24. The molecule has 0 amide bonds. The molecule has 0 spiro atoms. The van der Waals surface area contributed by atoms with Crippen LogP contribution in [0.4, 0.5) is 11.8 Å². The molecule has 0 radical (unpaired) electrons. The number of rotatable bonds is 2. The van der Waals surface area contributed by atoms with E-state index in [1.54, 1.807) is 6.20 Å². The van der Waals surface area contributed by atoms with Crippen LogP contribution in [0.25, 0.3) is 0 Å². The second kappa shape index (κ2) is 4.65. The molecule has 1 saturated heterocycles. The zero-order chi connectivity index (χ0) is 11.5. The Bertz CT molecular complexity index is 354. The van der Waals surface area contributed by atoms with Crippen LogP contribution in [-0.2, 0) is 0 Å². The van der Waals surface area contributed by atoms with Gasteiger partial charge >= 0.3 is 0 Å². The predicted octanol–water partition coefficient (Wildman–Crippen LogP) is 0.659. The molecule has 1 aliphatic heterocycles. The summed E-state index contributed by atoms with van der Waals surface area (Å²) >= 11 is 0. The molecule has 1 aromatic heterocycles. The largest absolute Gasteiger partial charge is 0.357 e. The highest BCUT2D eigenvalue weighted by Gasteiger charge is 2.21. The minimum absolute atomic E-state index is 0.571. The van der Waals surface area contributed by atoms with E-state index in [0.29, 0.717) is 12.0 Å². The van der Waals surface area contributed by atoms with E-state index in [4.69, 9.17) is 0 Å². The zero-order valence-electron chi connectivity index (χ0n) is 10.1. The van der Waals surface area contributed by atoms with Crippen molar-refractivity contribution in [1.82, 2.24) is 14.9 Å². The molecule has 1 aromatic rings. The number of piperazine rings is 1. The molecule has 1 fully saturated rings. The molecule has 16 heavy (non-hydrogen) atoms. The molecule has 1 N–H and O–H groups in total. The first-order chi connectivity index (χ1) is 7.70. The predicted molar refractivity (Wildman–Crippen MR) is 65.9 cm³/mol. The summed E-state index contributed by atoms with van der Waals surface area (Å²) in [7, 11) is 4.01. The van der Waals surface area contributed by atoms with E-state index in [-0.39, 0.29) is 0 Å². The number of aromatic nitrogens is 2. The summed E-state index contributed by atoms with van der Waals surface area (Å²) in [5.74, 6) is 1.70. The van der Waals surface area contributed by atoms with Crippen LogP contribution in [0.5, 0.6) is 0 Å². The van der Waals surface area contributed by atoms with Gasteiger partial charge in [0, 0.05) is 38.9 Å². The monoisotopic (exact) mass is 221 g/mol. The van der Waals surface area contributed by atoms with E-state index >= 15 is 0 Å². The smallest absolute Gasteiger partial charge is 0.224 e. The first kappa shape index (κ1) is 11.1. The third-order valence-electron chi connectivity index (χ3n) is 3.15. The molecular formula is C11H19N5. The first-order valence-corrected chi connectivity index (χ1v) is 5.66. The normalized spacial score (nSPS) is 22.2. The fourth-order valence-corrected chi connectivity index (χ4v) is 1.90. The number of anilines is 2. The van der Waals surface area contributed by atoms with E-state index in [2.05, 4.69) is 39.1 Å². The summed E-state index contributed by atoms with van der Waals surface area (Å²) in [6, 6.07) is 2.54. The van der Waals surface area contributed by atoms with E-state index in [0.717, 1.165) is 25.5 Å². The van der Waals surface area contributed by atoms with Gasteiger partial charge in [-0.05, 0) is 20.0 Å². The molecular weight excluding hydrogens is 202 g/mol. The number of hydrogen-bond donors (Lipinski definition) is 1. The second-order valence-corrected chi connectivity index (χ2v) is 4.26. The summed E-state index contributed by atoms with van der Waals surface area (Å²) in [5, 5.41) is 2.97. The molecule has 88 valence electrons. The summed E-state index contributed by atoms with van der Waals surface area (Å²) in [4.78, 5) is 13.3. The van der Waals surface area contributed by atoms with Crippen molar-refractivity contribution in [3.8, 4) is 0 Å². The van der Waals surface area contributed by atoms with Crippen molar-refractivity contribution in [3.05, 3.63) is 12.3 Å². The maximum Gasteiger partial charge on any atom is 0.224 e. The van der Waals surface area contributed by atoms with Crippen LogP contribution in [0, 0.1) is 0 Å². The molecule has 0 saturated carbocycles. The summed E-state index contributed by atoms with van der Waals surface area (Å²) in [5.41, 5.74) is 0. The van der Waals surface area contributed by atoms with Crippen molar-refractivity contribution < 1.29 is 0 Å². The Morgan fingerprint density at radius 3 is 2.94 bits per heavy atom. The number of likely N-dealkylation sites (N-methyl/N-ethyl adjacent to an activating group) is 1. The van der Waals surface area contributed by atoms with Gasteiger partial charge < -0.3 is 15.1 Å². The molecule has 5 heteroatoms. The second-order valence-electron chi connectivity index (χ2n) is 4.26. The molecule has 5 nitrogen and oxygen atoms in total. The van der Waals surface area contributed by atoms with E-state index < -0.39 is 0 Å². The Hall–Kier alpha value is -1.36. The summed E-state index contributed by atoms with van der Waals surface area (Å²) in [6.45, 7) is 5.38. The van der Waals surface area contributed by atoms with Gasteiger partial charge in [0.15, 0.2) is 0 Å². The highest BCUT2D eigenvalue weighted by atomic mass is 15.3. The summed E-state index contributed by atoms with van der Waals surface area (Å²) < 4.78 is 0. The lowest BCUT2D eigenvalue weighted by Gasteiger charge is -2.38. The Morgan fingerprint density at radius 2 is 2.25 bits per heavy atom. The highest BCUT2D eigenvalue weighted by Crippen LogP contribution is 2.16. The van der Waals surface area contributed by atoms with Gasteiger partial charge in [0.1, 0.15) is 5.82 Å². The average molecular weight is 221 g/mol. The van der Waals surface area contributed by atoms with Crippen LogP contribution in [0.3, 0.4) is 0 Å². The Balaban J connectivity index is 2.12. The standard InChI is InChI=1S/C11H19N5/c1-9-8-16(7-6-15(9)3)10-4-5-13-11(12-2)14-10/h4-5,9H,6-8H2,1-3H3,(H,12,13,14). The first-order valence-electron chi connectivity index (χ1n) is 5.66. The fraction of sp³-hybridized carbons (Fsp3) is 0.636. The number of nitrogens with one attached hydrogen (secondary N) is 1. The van der Waals surface area contributed by atoms with Crippen molar-refractivity contribution >= 4 is 11.8 Å². The molecule has 0 bridgehead atoms. The minimum Gasteiger partial charge on any atom is -0.357 e. The third-order valence-corrected chi connectivity index (χ3v) is 3.15. The number of nitrogens with zero attached hydrogens (tertiary/aromatic N) is 4. The molecule has 2 rings (SSSR count). The Morgan fingerprint density at radius 1 is 1.44 bits per heavy atom. The van der Waals surface area contributed by atoms with Gasteiger partial charge in [0.25, 0.3) is 0 Å².